The van der Waals surface area contributed by atoms with E-state index in [4.69, 9.17) is 13.9 Å². The fraction of sp³-hybridized carbons (Fsp3) is 0.600. The molecule has 0 heterocycles. The summed E-state index contributed by atoms with van der Waals surface area (Å²) in [6, 6.07) is 3.97. The molecule has 0 unspecified atom stereocenters. The van der Waals surface area contributed by atoms with Crippen LogP contribution in [0.25, 0.3) is 0 Å². The van der Waals surface area contributed by atoms with Gasteiger partial charge in [-0.15, -0.1) is 0 Å². The molecule has 3 nitrogen and oxygen atoms in total. The van der Waals surface area contributed by atoms with Crippen molar-refractivity contribution in [3.05, 3.63) is 17.7 Å². The summed E-state index contributed by atoms with van der Waals surface area (Å²) < 4.78 is 17.2. The van der Waals surface area contributed by atoms with E-state index < -0.39 is 8.32 Å². The molecule has 0 bridgehead atoms. The largest absolute Gasteiger partial charge is 0.541 e. The average molecular weight is 282 g/mol. The number of ether oxygens (including phenoxy) is 2. The highest BCUT2D eigenvalue weighted by Gasteiger charge is 2.39. The van der Waals surface area contributed by atoms with Gasteiger partial charge in [-0.25, -0.2) is 0 Å². The van der Waals surface area contributed by atoms with Crippen molar-refractivity contribution < 1.29 is 13.9 Å². The van der Waals surface area contributed by atoms with Gasteiger partial charge in [0.1, 0.15) is 0 Å². The summed E-state index contributed by atoms with van der Waals surface area (Å²) in [6.45, 7) is 13.1. The van der Waals surface area contributed by atoms with E-state index in [0.29, 0.717) is 5.75 Å². The molecule has 0 fully saturated rings. The van der Waals surface area contributed by atoms with E-state index in [-0.39, 0.29) is 5.04 Å². The van der Waals surface area contributed by atoms with E-state index in [0.717, 1.165) is 17.1 Å². The first kappa shape index (κ1) is 15.9. The zero-order chi connectivity index (χ0) is 14.8. The van der Waals surface area contributed by atoms with E-state index in [9.17, 15) is 0 Å². The van der Waals surface area contributed by atoms with Crippen molar-refractivity contribution in [1.29, 1.82) is 0 Å². The quantitative estimate of drug-likeness (QED) is 0.766. The first-order chi connectivity index (χ1) is 8.62. The highest BCUT2D eigenvalue weighted by atomic mass is 28.4. The van der Waals surface area contributed by atoms with Crippen LogP contribution >= 0.6 is 0 Å². The van der Waals surface area contributed by atoms with Crippen LogP contribution in [0.4, 0.5) is 0 Å². The Morgan fingerprint density at radius 1 is 0.947 bits per heavy atom. The van der Waals surface area contributed by atoms with Crippen LogP contribution < -0.4 is 13.9 Å². The van der Waals surface area contributed by atoms with E-state index in [1.165, 1.54) is 0 Å². The SMILES string of the molecule is COc1cc(C)cc(O[Si](C)(C)C(C)(C)C)c1OC. The monoisotopic (exact) mass is 282 g/mol. The minimum Gasteiger partial charge on any atom is -0.541 e. The van der Waals surface area contributed by atoms with Gasteiger partial charge in [0, 0.05) is 0 Å². The third-order valence-electron chi connectivity index (χ3n) is 3.76. The number of hydrogen-bond donors (Lipinski definition) is 0. The second-order valence-electron chi connectivity index (χ2n) is 6.36. The van der Waals surface area contributed by atoms with Gasteiger partial charge in [-0.05, 0) is 42.8 Å². The Morgan fingerprint density at radius 2 is 1.47 bits per heavy atom. The van der Waals surface area contributed by atoms with Crippen molar-refractivity contribution in [3.8, 4) is 17.2 Å². The van der Waals surface area contributed by atoms with Crippen LogP contribution in [0.3, 0.4) is 0 Å². The second kappa shape index (κ2) is 5.45. The van der Waals surface area contributed by atoms with Crippen molar-refractivity contribution >= 4 is 8.32 Å². The molecule has 0 radical (unpaired) electrons. The molecule has 0 atom stereocenters. The molecule has 4 heteroatoms. The number of rotatable bonds is 4. The Kier molecular flexibility index (Phi) is 4.56. The summed E-state index contributed by atoms with van der Waals surface area (Å²) in [5.41, 5.74) is 1.10. The second-order valence-corrected chi connectivity index (χ2v) is 11.1. The normalized spacial score (nSPS) is 12.2. The van der Waals surface area contributed by atoms with Crippen LogP contribution in [-0.4, -0.2) is 22.5 Å². The third-order valence-corrected chi connectivity index (χ3v) is 8.10. The van der Waals surface area contributed by atoms with Crippen molar-refractivity contribution in [3.63, 3.8) is 0 Å². The zero-order valence-corrected chi connectivity index (χ0v) is 14.4. The summed E-state index contributed by atoms with van der Waals surface area (Å²) in [4.78, 5) is 0. The summed E-state index contributed by atoms with van der Waals surface area (Å²) in [5.74, 6) is 2.18. The lowest BCUT2D eigenvalue weighted by molar-refractivity contribution is 0.340. The zero-order valence-electron chi connectivity index (χ0n) is 13.4. The lowest BCUT2D eigenvalue weighted by Crippen LogP contribution is -2.43. The first-order valence-corrected chi connectivity index (χ1v) is 9.45. The highest BCUT2D eigenvalue weighted by molar-refractivity contribution is 6.74. The van der Waals surface area contributed by atoms with Crippen molar-refractivity contribution in [2.24, 2.45) is 0 Å². The fourth-order valence-corrected chi connectivity index (χ4v) is 2.57. The van der Waals surface area contributed by atoms with E-state index >= 15 is 0 Å². The lowest BCUT2D eigenvalue weighted by Gasteiger charge is -2.37. The summed E-state index contributed by atoms with van der Waals surface area (Å²) in [7, 11) is 1.40. The molecule has 108 valence electrons. The third kappa shape index (κ3) is 3.44. The molecule has 0 spiro atoms. The maximum absolute atomic E-state index is 6.35. The molecule has 1 rings (SSSR count). The van der Waals surface area contributed by atoms with Crippen molar-refractivity contribution in [1.82, 2.24) is 0 Å². The lowest BCUT2D eigenvalue weighted by atomic mass is 10.2. The molecule has 0 amide bonds. The summed E-state index contributed by atoms with van der Waals surface area (Å²) in [6.07, 6.45) is 0. The van der Waals surface area contributed by atoms with Crippen LogP contribution in [-0.2, 0) is 0 Å². The van der Waals surface area contributed by atoms with Gasteiger partial charge >= 0.3 is 0 Å². The van der Waals surface area contributed by atoms with Gasteiger partial charge in [0.15, 0.2) is 11.5 Å². The number of benzene rings is 1. The van der Waals surface area contributed by atoms with Gasteiger partial charge < -0.3 is 13.9 Å². The van der Waals surface area contributed by atoms with Gasteiger partial charge in [-0.1, -0.05) is 20.8 Å². The summed E-state index contributed by atoms with van der Waals surface area (Å²) in [5, 5.41) is 0.148. The topological polar surface area (TPSA) is 27.7 Å². The Balaban J connectivity index is 3.24. The van der Waals surface area contributed by atoms with Crippen LogP contribution in [0, 0.1) is 6.92 Å². The van der Waals surface area contributed by atoms with Gasteiger partial charge in [-0.3, -0.25) is 0 Å². The molecule has 0 saturated heterocycles. The van der Waals surface area contributed by atoms with Crippen molar-refractivity contribution in [2.45, 2.75) is 45.8 Å². The molecule has 1 aromatic rings. The minimum atomic E-state index is -1.89. The number of hydrogen-bond acceptors (Lipinski definition) is 3. The van der Waals surface area contributed by atoms with Gasteiger partial charge in [0.2, 0.25) is 5.75 Å². The number of aryl methyl sites for hydroxylation is 1. The van der Waals surface area contributed by atoms with Crippen LogP contribution in [0.2, 0.25) is 18.1 Å². The first-order valence-electron chi connectivity index (χ1n) is 6.54. The predicted octanol–water partition coefficient (Wildman–Crippen LogP) is 4.40. The van der Waals surface area contributed by atoms with Gasteiger partial charge in [-0.2, -0.15) is 0 Å². The Hall–Kier alpha value is -1.16. The molecular formula is C15H26O3Si. The van der Waals surface area contributed by atoms with Gasteiger partial charge in [0.05, 0.1) is 14.2 Å². The molecule has 19 heavy (non-hydrogen) atoms. The number of methoxy groups -OCH3 is 2. The van der Waals surface area contributed by atoms with Crippen molar-refractivity contribution in [2.75, 3.05) is 14.2 Å². The fourth-order valence-electron chi connectivity index (χ4n) is 1.56. The van der Waals surface area contributed by atoms with Crippen LogP contribution in [0.15, 0.2) is 12.1 Å². The Morgan fingerprint density at radius 3 is 1.89 bits per heavy atom. The smallest absolute Gasteiger partial charge is 0.250 e. The Bertz CT molecular complexity index is 447. The standard InChI is InChI=1S/C15H26O3Si/c1-11-9-12(16-5)14(17-6)13(10-11)18-19(7,8)15(2,3)4/h9-10H,1-8H3. The maximum atomic E-state index is 6.35. The maximum Gasteiger partial charge on any atom is 0.250 e. The molecule has 0 N–H and O–H groups in total. The van der Waals surface area contributed by atoms with E-state index in [1.807, 2.05) is 19.1 Å². The molecule has 0 aromatic heterocycles. The minimum absolute atomic E-state index is 0.148. The van der Waals surface area contributed by atoms with Gasteiger partial charge in [0.25, 0.3) is 8.32 Å². The molecule has 0 saturated carbocycles. The highest BCUT2D eigenvalue weighted by Crippen LogP contribution is 2.43. The molecular weight excluding hydrogens is 256 g/mol. The average Bonchev–Trinajstić information content (AvgIpc) is 2.26. The molecule has 1 aromatic carbocycles. The predicted molar refractivity (Wildman–Crippen MR) is 82.1 cm³/mol. The van der Waals surface area contributed by atoms with Crippen LogP contribution in [0.5, 0.6) is 17.2 Å². The summed E-state index contributed by atoms with van der Waals surface area (Å²) >= 11 is 0. The van der Waals surface area contributed by atoms with E-state index in [2.05, 4.69) is 33.9 Å². The molecule has 0 aliphatic carbocycles. The van der Waals surface area contributed by atoms with E-state index in [1.54, 1.807) is 14.2 Å². The molecule has 0 aliphatic heterocycles. The Labute approximate surface area is 118 Å². The van der Waals surface area contributed by atoms with Crippen LogP contribution in [0.1, 0.15) is 26.3 Å². The molecule has 0 aliphatic rings.